The maximum absolute atomic E-state index is 12.2. The second-order valence-electron chi connectivity index (χ2n) is 5.23. The Morgan fingerprint density at radius 1 is 1.30 bits per heavy atom. The van der Waals surface area contributed by atoms with Gasteiger partial charge < -0.3 is 5.32 Å². The third-order valence-corrected chi connectivity index (χ3v) is 5.21. The summed E-state index contributed by atoms with van der Waals surface area (Å²) in [6.07, 6.45) is 0.802. The van der Waals surface area contributed by atoms with Gasteiger partial charge in [-0.1, -0.05) is 30.1 Å². The van der Waals surface area contributed by atoms with E-state index in [0.717, 1.165) is 19.5 Å². The van der Waals surface area contributed by atoms with Crippen molar-refractivity contribution in [3.8, 4) is 0 Å². The van der Waals surface area contributed by atoms with E-state index >= 15 is 0 Å². The van der Waals surface area contributed by atoms with E-state index in [1.807, 2.05) is 6.92 Å². The van der Waals surface area contributed by atoms with Crippen molar-refractivity contribution in [2.24, 2.45) is 5.92 Å². The highest BCUT2D eigenvalue weighted by atomic mass is 35.5. The van der Waals surface area contributed by atoms with E-state index in [1.165, 1.54) is 0 Å². The number of nitrogens with one attached hydrogen (secondary N) is 2. The molecule has 4 nitrogen and oxygen atoms in total. The fourth-order valence-electron chi connectivity index (χ4n) is 2.38. The van der Waals surface area contributed by atoms with E-state index in [4.69, 9.17) is 23.2 Å². The van der Waals surface area contributed by atoms with Crippen LogP contribution in [0.15, 0.2) is 18.2 Å². The summed E-state index contributed by atoms with van der Waals surface area (Å²) in [5, 5.41) is 4.13. The minimum absolute atomic E-state index is 0.0177. The Morgan fingerprint density at radius 2 is 1.95 bits per heavy atom. The van der Waals surface area contributed by atoms with Crippen LogP contribution >= 0.6 is 23.2 Å². The Kier molecular flexibility index (Phi) is 5.31. The molecule has 1 heterocycles. The summed E-state index contributed by atoms with van der Waals surface area (Å²) in [7, 11) is -3.40. The largest absolute Gasteiger partial charge is 0.316 e. The molecule has 1 aromatic carbocycles. The minimum atomic E-state index is -3.40. The molecule has 0 radical (unpaired) electrons. The lowest BCUT2D eigenvalue weighted by atomic mass is 9.97. The molecule has 0 saturated carbocycles. The molecule has 0 bridgehead atoms. The zero-order chi connectivity index (χ0) is 14.8. The lowest BCUT2D eigenvalue weighted by molar-refractivity contribution is 0.328. The second-order valence-corrected chi connectivity index (χ2v) is 7.86. The van der Waals surface area contributed by atoms with Crippen LogP contribution in [0.5, 0.6) is 0 Å². The molecule has 7 heteroatoms. The molecular weight excluding hydrogens is 319 g/mol. The highest BCUT2D eigenvalue weighted by Crippen LogP contribution is 2.21. The number of hydrogen-bond acceptors (Lipinski definition) is 3. The van der Waals surface area contributed by atoms with Crippen molar-refractivity contribution >= 4 is 33.2 Å². The SMILES string of the molecule is CC1CNCCC1NS(=O)(=O)Cc1cc(Cl)cc(Cl)c1. The zero-order valence-corrected chi connectivity index (χ0v) is 13.5. The van der Waals surface area contributed by atoms with Gasteiger partial charge in [0.1, 0.15) is 0 Å². The number of benzene rings is 1. The monoisotopic (exact) mass is 336 g/mol. The van der Waals surface area contributed by atoms with Gasteiger partial charge >= 0.3 is 0 Å². The molecule has 0 aromatic heterocycles. The van der Waals surface area contributed by atoms with Crippen molar-refractivity contribution in [2.45, 2.75) is 25.1 Å². The minimum Gasteiger partial charge on any atom is -0.316 e. The molecule has 1 fully saturated rings. The zero-order valence-electron chi connectivity index (χ0n) is 11.2. The summed E-state index contributed by atoms with van der Waals surface area (Å²) in [6, 6.07) is 4.81. The molecule has 0 aliphatic carbocycles. The molecule has 1 aliphatic rings. The molecule has 1 aromatic rings. The first-order valence-corrected chi connectivity index (χ1v) is 8.92. The summed E-state index contributed by atoms with van der Waals surface area (Å²) in [6.45, 7) is 3.70. The predicted octanol–water partition coefficient (Wildman–Crippen LogP) is 2.41. The van der Waals surface area contributed by atoms with Crippen LogP contribution in [0.1, 0.15) is 18.9 Å². The first kappa shape index (κ1) is 16.0. The van der Waals surface area contributed by atoms with Gasteiger partial charge in [0.2, 0.25) is 10.0 Å². The molecule has 2 N–H and O–H groups in total. The van der Waals surface area contributed by atoms with Crippen LogP contribution in [0, 0.1) is 5.92 Å². The Hall–Kier alpha value is -0.330. The third kappa shape index (κ3) is 4.60. The van der Waals surface area contributed by atoms with Gasteiger partial charge in [-0.2, -0.15) is 0 Å². The molecule has 2 atom stereocenters. The summed E-state index contributed by atoms with van der Waals surface area (Å²) < 4.78 is 27.2. The Bertz CT molecular complexity index is 557. The molecule has 1 aliphatic heterocycles. The van der Waals surface area contributed by atoms with E-state index in [2.05, 4.69) is 10.0 Å². The van der Waals surface area contributed by atoms with Gasteiger partial charge in [0, 0.05) is 16.1 Å². The summed E-state index contributed by atoms with van der Waals surface area (Å²) in [5.74, 6) is 0.172. The van der Waals surface area contributed by atoms with Crippen LogP contribution in [0.3, 0.4) is 0 Å². The summed E-state index contributed by atoms with van der Waals surface area (Å²) in [5.41, 5.74) is 0.594. The van der Waals surface area contributed by atoms with Crippen molar-refractivity contribution < 1.29 is 8.42 Å². The maximum Gasteiger partial charge on any atom is 0.216 e. The maximum atomic E-state index is 12.2. The molecule has 0 amide bonds. The quantitative estimate of drug-likeness (QED) is 0.887. The fraction of sp³-hybridized carbons (Fsp3) is 0.538. The first-order chi connectivity index (χ1) is 9.35. The average Bonchev–Trinajstić information content (AvgIpc) is 2.29. The molecule has 0 spiro atoms. The lowest BCUT2D eigenvalue weighted by Gasteiger charge is -2.30. The van der Waals surface area contributed by atoms with Crippen molar-refractivity contribution in [3.05, 3.63) is 33.8 Å². The van der Waals surface area contributed by atoms with Crippen LogP contribution in [0.2, 0.25) is 10.0 Å². The lowest BCUT2D eigenvalue weighted by Crippen LogP contribution is -2.48. The topological polar surface area (TPSA) is 58.2 Å². The van der Waals surface area contributed by atoms with Gasteiger partial charge in [0.05, 0.1) is 5.75 Å². The highest BCUT2D eigenvalue weighted by Gasteiger charge is 2.25. The van der Waals surface area contributed by atoms with Crippen molar-refractivity contribution in [3.63, 3.8) is 0 Å². The van der Waals surface area contributed by atoms with Crippen molar-refractivity contribution in [1.29, 1.82) is 0 Å². The Balaban J connectivity index is 2.06. The second kappa shape index (κ2) is 6.62. The van der Waals surface area contributed by atoms with Gasteiger partial charge in [0.25, 0.3) is 0 Å². The standard InChI is InChI=1S/C13H18Cl2N2O2S/c1-9-7-16-3-2-13(9)17-20(18,19)8-10-4-11(14)6-12(15)5-10/h4-6,9,13,16-17H,2-3,7-8H2,1H3. The van der Waals surface area contributed by atoms with E-state index in [1.54, 1.807) is 18.2 Å². The van der Waals surface area contributed by atoms with Crippen molar-refractivity contribution in [1.82, 2.24) is 10.0 Å². The average molecular weight is 337 g/mol. The van der Waals surface area contributed by atoms with Crippen LogP contribution < -0.4 is 10.0 Å². The normalized spacial score (nSPS) is 23.8. The third-order valence-electron chi connectivity index (χ3n) is 3.40. The highest BCUT2D eigenvalue weighted by molar-refractivity contribution is 7.88. The molecule has 1 saturated heterocycles. The number of sulfonamides is 1. The smallest absolute Gasteiger partial charge is 0.216 e. The first-order valence-electron chi connectivity index (χ1n) is 6.51. The summed E-state index contributed by atoms with van der Waals surface area (Å²) in [4.78, 5) is 0. The number of hydrogen-bond donors (Lipinski definition) is 2. The van der Waals surface area contributed by atoms with Gasteiger partial charge in [0.15, 0.2) is 0 Å². The molecular formula is C13H18Cl2N2O2S. The van der Waals surface area contributed by atoms with Gasteiger partial charge in [-0.3, -0.25) is 0 Å². The van der Waals surface area contributed by atoms with Crippen molar-refractivity contribution in [2.75, 3.05) is 13.1 Å². The Labute approximate surface area is 129 Å². The van der Waals surface area contributed by atoms with E-state index in [9.17, 15) is 8.42 Å². The fourth-order valence-corrected chi connectivity index (χ4v) is 4.45. The molecule has 2 unspecified atom stereocenters. The molecule has 112 valence electrons. The van der Waals surface area contributed by atoms with Gasteiger partial charge in [-0.05, 0) is 49.2 Å². The number of rotatable bonds is 4. The predicted molar refractivity (Wildman–Crippen MR) is 82.7 cm³/mol. The van der Waals surface area contributed by atoms with Crippen LogP contribution in [-0.4, -0.2) is 27.5 Å². The molecule has 2 rings (SSSR count). The summed E-state index contributed by atoms with van der Waals surface area (Å²) >= 11 is 11.8. The van der Waals surface area contributed by atoms with Crippen LogP contribution in [0.4, 0.5) is 0 Å². The number of piperidine rings is 1. The van der Waals surface area contributed by atoms with E-state index < -0.39 is 10.0 Å². The van der Waals surface area contributed by atoms with Crippen LogP contribution in [-0.2, 0) is 15.8 Å². The number of halogens is 2. The van der Waals surface area contributed by atoms with Gasteiger partial charge in [-0.25, -0.2) is 13.1 Å². The Morgan fingerprint density at radius 3 is 2.55 bits per heavy atom. The van der Waals surface area contributed by atoms with E-state index in [-0.39, 0.29) is 17.7 Å². The van der Waals surface area contributed by atoms with Crippen LogP contribution in [0.25, 0.3) is 0 Å². The molecule has 20 heavy (non-hydrogen) atoms. The van der Waals surface area contributed by atoms with Gasteiger partial charge in [-0.15, -0.1) is 0 Å². The van der Waals surface area contributed by atoms with E-state index in [0.29, 0.717) is 15.6 Å².